The van der Waals surface area contributed by atoms with Crippen LogP contribution in [0.15, 0.2) is 30.3 Å². The largest absolute Gasteiger partial charge is 0.451 e. The first-order valence-electron chi connectivity index (χ1n) is 9.95. The van der Waals surface area contributed by atoms with Crippen molar-refractivity contribution in [1.29, 1.82) is 0 Å². The summed E-state index contributed by atoms with van der Waals surface area (Å²) in [5, 5.41) is 2.78. The molecular formula is C23H29NO3S. The molecule has 4 nitrogen and oxygen atoms in total. The van der Waals surface area contributed by atoms with E-state index in [4.69, 9.17) is 4.74 Å². The Balaban J connectivity index is 1.52. The molecule has 1 heterocycles. The summed E-state index contributed by atoms with van der Waals surface area (Å²) in [5.41, 5.74) is 3.24. The molecule has 0 saturated heterocycles. The van der Waals surface area contributed by atoms with E-state index in [2.05, 4.69) is 33.0 Å². The van der Waals surface area contributed by atoms with Gasteiger partial charge in [0, 0.05) is 10.6 Å². The first kappa shape index (κ1) is 20.6. The van der Waals surface area contributed by atoms with Crippen LogP contribution in [0.2, 0.25) is 0 Å². The molecule has 1 aliphatic rings. The molecule has 150 valence electrons. The fraction of sp³-hybridized carbons (Fsp3) is 0.478. The number of carbonyl (C=O) groups excluding carboxylic acids is 2. The number of carbonyl (C=O) groups is 2. The van der Waals surface area contributed by atoms with E-state index in [1.54, 1.807) is 0 Å². The van der Waals surface area contributed by atoms with Gasteiger partial charge in [0.2, 0.25) is 0 Å². The number of hydrogen-bond acceptors (Lipinski definition) is 4. The lowest BCUT2D eigenvalue weighted by Gasteiger charge is -2.19. The van der Waals surface area contributed by atoms with Gasteiger partial charge in [-0.15, -0.1) is 11.3 Å². The van der Waals surface area contributed by atoms with Gasteiger partial charge >= 0.3 is 5.97 Å². The first-order chi connectivity index (χ1) is 13.3. The summed E-state index contributed by atoms with van der Waals surface area (Å²) in [6.07, 6.45) is 4.44. The van der Waals surface area contributed by atoms with Crippen LogP contribution in [0, 0.1) is 5.92 Å². The van der Waals surface area contributed by atoms with Crippen molar-refractivity contribution in [2.24, 2.45) is 5.92 Å². The molecular weight excluding hydrogens is 370 g/mol. The number of anilines is 1. The molecule has 0 radical (unpaired) electrons. The van der Waals surface area contributed by atoms with Crippen LogP contribution in [0.1, 0.15) is 66.2 Å². The summed E-state index contributed by atoms with van der Waals surface area (Å²) in [4.78, 5) is 26.3. The van der Waals surface area contributed by atoms with E-state index in [-0.39, 0.29) is 17.9 Å². The van der Waals surface area contributed by atoms with E-state index in [0.29, 0.717) is 16.5 Å². The molecule has 0 bridgehead atoms. The smallest absolute Gasteiger partial charge is 0.348 e. The number of benzene rings is 1. The molecule has 1 aliphatic carbocycles. The number of thiophene rings is 1. The fourth-order valence-electron chi connectivity index (χ4n) is 3.50. The maximum atomic E-state index is 12.3. The zero-order chi connectivity index (χ0) is 20.3. The standard InChI is InChI=1S/C23H29NO3S/c1-5-15-6-11-19-16(12-15)13-20(28-19)22(26)27-14-21(25)24-18-9-7-17(8-10-18)23(2,3)4/h7-10,13,15H,5-6,11-12,14H2,1-4H3,(H,24,25)/t15-/m0/s1. The fourth-order valence-corrected chi connectivity index (χ4v) is 4.60. The predicted molar refractivity (Wildman–Crippen MR) is 114 cm³/mol. The minimum Gasteiger partial charge on any atom is -0.451 e. The molecule has 1 aromatic carbocycles. The summed E-state index contributed by atoms with van der Waals surface area (Å²) < 4.78 is 5.23. The van der Waals surface area contributed by atoms with Crippen LogP contribution < -0.4 is 5.32 Å². The number of rotatable bonds is 5. The van der Waals surface area contributed by atoms with E-state index in [0.717, 1.165) is 12.8 Å². The molecule has 1 aromatic heterocycles. The normalized spacial score (nSPS) is 16.4. The summed E-state index contributed by atoms with van der Waals surface area (Å²) in [5.74, 6) is -0.0312. The minimum absolute atomic E-state index is 0.0646. The second-order valence-electron chi connectivity index (χ2n) is 8.53. The van der Waals surface area contributed by atoms with E-state index in [1.165, 1.54) is 40.2 Å². The second kappa shape index (κ2) is 8.48. The van der Waals surface area contributed by atoms with Crippen molar-refractivity contribution < 1.29 is 14.3 Å². The number of aryl methyl sites for hydroxylation is 1. The average Bonchev–Trinajstić information content (AvgIpc) is 3.09. The molecule has 3 rings (SSSR count). The zero-order valence-corrected chi connectivity index (χ0v) is 17.9. The van der Waals surface area contributed by atoms with E-state index >= 15 is 0 Å². The number of hydrogen-bond donors (Lipinski definition) is 1. The van der Waals surface area contributed by atoms with Crippen molar-refractivity contribution in [2.45, 2.75) is 58.8 Å². The maximum Gasteiger partial charge on any atom is 0.348 e. The van der Waals surface area contributed by atoms with Gasteiger partial charge < -0.3 is 10.1 Å². The Morgan fingerprint density at radius 3 is 2.57 bits per heavy atom. The van der Waals surface area contributed by atoms with Gasteiger partial charge in [-0.2, -0.15) is 0 Å². The topological polar surface area (TPSA) is 55.4 Å². The highest BCUT2D eigenvalue weighted by Gasteiger charge is 2.23. The molecule has 1 amide bonds. The Bertz CT molecular complexity index is 846. The molecule has 0 fully saturated rings. The SMILES string of the molecule is CC[C@H]1CCc2sc(C(=O)OCC(=O)Nc3ccc(C(C)(C)C)cc3)cc2C1. The van der Waals surface area contributed by atoms with E-state index < -0.39 is 5.97 Å². The van der Waals surface area contributed by atoms with Crippen LogP contribution in [-0.4, -0.2) is 18.5 Å². The lowest BCUT2D eigenvalue weighted by Crippen LogP contribution is -2.20. The first-order valence-corrected chi connectivity index (χ1v) is 10.8. The maximum absolute atomic E-state index is 12.3. The third kappa shape index (κ3) is 5.02. The van der Waals surface area contributed by atoms with Gasteiger partial charge in [0.05, 0.1) is 0 Å². The Kier molecular flexibility index (Phi) is 6.23. The van der Waals surface area contributed by atoms with E-state index in [9.17, 15) is 9.59 Å². The highest BCUT2D eigenvalue weighted by Crippen LogP contribution is 2.33. The van der Waals surface area contributed by atoms with Gasteiger partial charge in [-0.3, -0.25) is 4.79 Å². The minimum atomic E-state index is -0.411. The Morgan fingerprint density at radius 2 is 1.93 bits per heavy atom. The van der Waals surface area contributed by atoms with Crippen molar-refractivity contribution in [3.05, 3.63) is 51.2 Å². The Hall–Kier alpha value is -2.14. The molecule has 2 aromatic rings. The Labute approximate surface area is 171 Å². The Morgan fingerprint density at radius 1 is 1.21 bits per heavy atom. The summed E-state index contributed by atoms with van der Waals surface area (Å²) in [6, 6.07) is 9.70. The molecule has 0 saturated carbocycles. The van der Waals surface area contributed by atoms with Gasteiger partial charge in [0.25, 0.3) is 5.91 Å². The zero-order valence-electron chi connectivity index (χ0n) is 17.1. The molecule has 28 heavy (non-hydrogen) atoms. The predicted octanol–water partition coefficient (Wildman–Crippen LogP) is 5.36. The van der Waals surface area contributed by atoms with Crippen LogP contribution in [0.5, 0.6) is 0 Å². The van der Waals surface area contributed by atoms with Crippen LogP contribution in [-0.2, 0) is 27.8 Å². The molecule has 0 unspecified atom stereocenters. The van der Waals surface area contributed by atoms with Crippen molar-refractivity contribution >= 4 is 28.9 Å². The average molecular weight is 400 g/mol. The van der Waals surface area contributed by atoms with Crippen molar-refractivity contribution in [1.82, 2.24) is 0 Å². The third-order valence-corrected chi connectivity index (χ3v) is 6.55. The number of ether oxygens (including phenoxy) is 1. The van der Waals surface area contributed by atoms with Crippen molar-refractivity contribution in [3.8, 4) is 0 Å². The molecule has 1 atom stereocenters. The van der Waals surface area contributed by atoms with Crippen LogP contribution in [0.25, 0.3) is 0 Å². The van der Waals surface area contributed by atoms with Gasteiger partial charge in [-0.1, -0.05) is 46.2 Å². The van der Waals surface area contributed by atoms with Crippen LogP contribution in [0.3, 0.4) is 0 Å². The lowest BCUT2D eigenvalue weighted by molar-refractivity contribution is -0.119. The number of nitrogens with one attached hydrogen (secondary N) is 1. The van der Waals surface area contributed by atoms with Crippen LogP contribution >= 0.6 is 11.3 Å². The number of esters is 1. The third-order valence-electron chi connectivity index (χ3n) is 5.33. The summed E-state index contributed by atoms with van der Waals surface area (Å²) >= 11 is 1.51. The van der Waals surface area contributed by atoms with Gasteiger partial charge in [-0.25, -0.2) is 4.79 Å². The van der Waals surface area contributed by atoms with Crippen LogP contribution in [0.4, 0.5) is 5.69 Å². The lowest BCUT2D eigenvalue weighted by atomic mass is 9.87. The molecule has 1 N–H and O–H groups in total. The summed E-state index contributed by atoms with van der Waals surface area (Å²) in [7, 11) is 0. The molecule has 5 heteroatoms. The van der Waals surface area contributed by atoms with Crippen molar-refractivity contribution in [3.63, 3.8) is 0 Å². The highest BCUT2D eigenvalue weighted by atomic mass is 32.1. The van der Waals surface area contributed by atoms with E-state index in [1.807, 2.05) is 30.3 Å². The van der Waals surface area contributed by atoms with Gasteiger partial charge in [-0.05, 0) is 59.9 Å². The van der Waals surface area contributed by atoms with Crippen molar-refractivity contribution in [2.75, 3.05) is 11.9 Å². The quantitative estimate of drug-likeness (QED) is 0.689. The van der Waals surface area contributed by atoms with Gasteiger partial charge in [0.1, 0.15) is 4.88 Å². The second-order valence-corrected chi connectivity index (χ2v) is 9.66. The monoisotopic (exact) mass is 399 g/mol. The highest BCUT2D eigenvalue weighted by molar-refractivity contribution is 7.14. The summed E-state index contributed by atoms with van der Waals surface area (Å²) in [6.45, 7) is 8.37. The number of fused-ring (bicyclic) bond motifs is 1. The number of amides is 1. The van der Waals surface area contributed by atoms with Gasteiger partial charge in [0.15, 0.2) is 6.61 Å². The molecule has 0 aliphatic heterocycles. The molecule has 0 spiro atoms.